The lowest BCUT2D eigenvalue weighted by atomic mass is 10.2. The van der Waals surface area contributed by atoms with Gasteiger partial charge < -0.3 is 5.11 Å². The normalized spacial score (nSPS) is 9.47. The Kier molecular flexibility index (Phi) is 3.74. The van der Waals surface area contributed by atoms with Crippen LogP contribution in [-0.2, 0) is 6.54 Å². The van der Waals surface area contributed by atoms with Crippen molar-refractivity contribution in [3.05, 3.63) is 64.1 Å². The molecule has 1 aromatic carbocycles. The largest absolute Gasteiger partial charge is 0.476 e. The quantitative estimate of drug-likeness (QED) is 0.811. The van der Waals surface area contributed by atoms with Gasteiger partial charge in [-0.2, -0.15) is 5.10 Å². The van der Waals surface area contributed by atoms with Crippen LogP contribution in [0.25, 0.3) is 0 Å². The predicted octanol–water partition coefficient (Wildman–Crippen LogP) is 0.993. The highest BCUT2D eigenvalue weighted by atomic mass is 16.4. The van der Waals surface area contributed by atoms with Crippen LogP contribution in [-0.4, -0.2) is 20.9 Å². The molecule has 1 aromatic heterocycles. The van der Waals surface area contributed by atoms with Crippen LogP contribution in [0.2, 0.25) is 0 Å². The van der Waals surface area contributed by atoms with E-state index in [2.05, 4.69) is 16.9 Å². The number of aromatic carboxylic acids is 1. The van der Waals surface area contributed by atoms with Crippen molar-refractivity contribution in [1.29, 1.82) is 0 Å². The molecule has 94 valence electrons. The second kappa shape index (κ2) is 5.65. The second-order valence-corrected chi connectivity index (χ2v) is 3.69. The molecule has 0 unspecified atom stereocenters. The Balaban J connectivity index is 2.21. The van der Waals surface area contributed by atoms with E-state index in [9.17, 15) is 9.59 Å². The average molecular weight is 254 g/mol. The van der Waals surface area contributed by atoms with Crippen LogP contribution >= 0.6 is 0 Å². The molecule has 2 aromatic rings. The topological polar surface area (TPSA) is 72.2 Å². The van der Waals surface area contributed by atoms with Crippen LogP contribution in [0.4, 0.5) is 0 Å². The summed E-state index contributed by atoms with van der Waals surface area (Å²) in [7, 11) is 0. The summed E-state index contributed by atoms with van der Waals surface area (Å²) in [4.78, 5) is 22.2. The monoisotopic (exact) mass is 254 g/mol. The molecule has 19 heavy (non-hydrogen) atoms. The number of nitrogens with zero attached hydrogens (tertiary/aromatic N) is 2. The number of hydrogen-bond acceptors (Lipinski definition) is 3. The van der Waals surface area contributed by atoms with E-state index < -0.39 is 5.97 Å². The summed E-state index contributed by atoms with van der Waals surface area (Å²) < 4.78 is 1.03. The third-order valence-electron chi connectivity index (χ3n) is 2.32. The highest BCUT2D eigenvalue weighted by Gasteiger charge is 2.05. The van der Waals surface area contributed by atoms with E-state index in [1.54, 1.807) is 0 Å². The number of aromatic nitrogens is 2. The van der Waals surface area contributed by atoms with Gasteiger partial charge in [0, 0.05) is 11.6 Å². The van der Waals surface area contributed by atoms with E-state index in [4.69, 9.17) is 5.11 Å². The Labute approximate surface area is 109 Å². The molecule has 0 saturated heterocycles. The number of hydrogen-bond donors (Lipinski definition) is 1. The van der Waals surface area contributed by atoms with Crippen molar-refractivity contribution < 1.29 is 9.90 Å². The van der Waals surface area contributed by atoms with Gasteiger partial charge in [0.1, 0.15) is 6.54 Å². The molecule has 0 saturated carbocycles. The molecular weight excluding hydrogens is 244 g/mol. The van der Waals surface area contributed by atoms with Gasteiger partial charge in [-0.15, -0.1) is 0 Å². The van der Waals surface area contributed by atoms with Crippen molar-refractivity contribution in [3.63, 3.8) is 0 Å². The third kappa shape index (κ3) is 3.30. The van der Waals surface area contributed by atoms with Gasteiger partial charge in [0.25, 0.3) is 5.56 Å². The zero-order valence-corrected chi connectivity index (χ0v) is 9.91. The molecule has 5 nitrogen and oxygen atoms in total. The van der Waals surface area contributed by atoms with E-state index in [-0.39, 0.29) is 17.8 Å². The maximum atomic E-state index is 11.5. The van der Waals surface area contributed by atoms with Gasteiger partial charge in [0.05, 0.1) is 0 Å². The Morgan fingerprint density at radius 3 is 2.63 bits per heavy atom. The molecule has 0 bridgehead atoms. The van der Waals surface area contributed by atoms with Crippen LogP contribution in [0.3, 0.4) is 0 Å². The average Bonchev–Trinajstić information content (AvgIpc) is 2.42. The molecule has 0 fully saturated rings. The van der Waals surface area contributed by atoms with Gasteiger partial charge in [0.2, 0.25) is 0 Å². The molecule has 0 aliphatic carbocycles. The first-order valence-corrected chi connectivity index (χ1v) is 5.52. The van der Waals surface area contributed by atoms with Crippen LogP contribution in [0.1, 0.15) is 16.1 Å². The Morgan fingerprint density at radius 2 is 1.95 bits per heavy atom. The first kappa shape index (κ1) is 12.6. The molecule has 0 spiro atoms. The minimum absolute atomic E-state index is 0.0504. The smallest absolute Gasteiger partial charge is 0.356 e. The summed E-state index contributed by atoms with van der Waals surface area (Å²) in [5.41, 5.74) is 0.262. The van der Waals surface area contributed by atoms with Gasteiger partial charge in [-0.05, 0) is 18.2 Å². The number of benzene rings is 1. The molecule has 5 heteroatoms. The van der Waals surface area contributed by atoms with Gasteiger partial charge >= 0.3 is 5.97 Å². The lowest BCUT2D eigenvalue weighted by Gasteiger charge is -1.99. The van der Waals surface area contributed by atoms with Crippen molar-refractivity contribution in [2.45, 2.75) is 6.54 Å². The van der Waals surface area contributed by atoms with Crippen molar-refractivity contribution in [3.8, 4) is 11.8 Å². The Morgan fingerprint density at radius 1 is 1.21 bits per heavy atom. The van der Waals surface area contributed by atoms with E-state index in [1.165, 1.54) is 12.1 Å². The van der Waals surface area contributed by atoms with Crippen LogP contribution in [0.5, 0.6) is 0 Å². The summed E-state index contributed by atoms with van der Waals surface area (Å²) in [6, 6.07) is 11.6. The van der Waals surface area contributed by atoms with Gasteiger partial charge in [-0.3, -0.25) is 4.79 Å². The minimum Gasteiger partial charge on any atom is -0.476 e. The van der Waals surface area contributed by atoms with Crippen LogP contribution < -0.4 is 5.56 Å². The maximum Gasteiger partial charge on any atom is 0.356 e. The summed E-state index contributed by atoms with van der Waals surface area (Å²) in [6.45, 7) is 0.0504. The number of carbonyl (C=O) groups is 1. The first-order valence-electron chi connectivity index (χ1n) is 5.52. The fourth-order valence-electron chi connectivity index (χ4n) is 1.41. The number of carboxylic acids is 1. The second-order valence-electron chi connectivity index (χ2n) is 3.69. The van der Waals surface area contributed by atoms with Crippen LogP contribution in [0, 0.1) is 11.8 Å². The Bertz CT molecular complexity index is 709. The van der Waals surface area contributed by atoms with E-state index >= 15 is 0 Å². The van der Waals surface area contributed by atoms with Crippen molar-refractivity contribution in [1.82, 2.24) is 9.78 Å². The van der Waals surface area contributed by atoms with Crippen molar-refractivity contribution >= 4 is 5.97 Å². The molecule has 0 radical (unpaired) electrons. The minimum atomic E-state index is -1.18. The summed E-state index contributed by atoms with van der Waals surface area (Å²) >= 11 is 0. The first-order chi connectivity index (χ1) is 9.16. The van der Waals surface area contributed by atoms with Crippen LogP contribution in [0.15, 0.2) is 47.3 Å². The molecule has 0 aliphatic heterocycles. The van der Waals surface area contributed by atoms with E-state index in [1.807, 2.05) is 30.3 Å². The SMILES string of the molecule is O=C(O)c1ccc(=O)n(CC#Cc2ccccc2)n1. The van der Waals surface area contributed by atoms with E-state index in [0.717, 1.165) is 10.2 Å². The van der Waals surface area contributed by atoms with Gasteiger partial charge in [-0.25, -0.2) is 9.48 Å². The predicted molar refractivity (Wildman–Crippen MR) is 68.8 cm³/mol. The summed E-state index contributed by atoms with van der Waals surface area (Å²) in [6.07, 6.45) is 0. The van der Waals surface area contributed by atoms with E-state index in [0.29, 0.717) is 0 Å². The Hall–Kier alpha value is -2.87. The zero-order valence-electron chi connectivity index (χ0n) is 9.91. The number of rotatable bonds is 2. The lowest BCUT2D eigenvalue weighted by molar-refractivity contribution is 0.0687. The molecule has 1 heterocycles. The lowest BCUT2D eigenvalue weighted by Crippen LogP contribution is -2.23. The van der Waals surface area contributed by atoms with Crippen molar-refractivity contribution in [2.24, 2.45) is 0 Å². The van der Waals surface area contributed by atoms with Gasteiger partial charge in [-0.1, -0.05) is 30.0 Å². The highest BCUT2D eigenvalue weighted by Crippen LogP contribution is 1.95. The molecular formula is C14H10N2O3. The van der Waals surface area contributed by atoms with Crippen molar-refractivity contribution in [2.75, 3.05) is 0 Å². The highest BCUT2D eigenvalue weighted by molar-refractivity contribution is 5.84. The summed E-state index contributed by atoms with van der Waals surface area (Å²) in [5.74, 6) is 4.48. The van der Waals surface area contributed by atoms with Gasteiger partial charge in [0.15, 0.2) is 5.69 Å². The molecule has 1 N–H and O–H groups in total. The molecule has 0 atom stereocenters. The third-order valence-corrected chi connectivity index (χ3v) is 2.32. The summed E-state index contributed by atoms with van der Waals surface area (Å²) in [5, 5.41) is 12.5. The standard InChI is InChI=1S/C14H10N2O3/c17-13-9-8-12(14(18)19)15-16(13)10-4-7-11-5-2-1-3-6-11/h1-3,5-6,8-9H,10H2,(H,18,19). The maximum absolute atomic E-state index is 11.5. The fourth-order valence-corrected chi connectivity index (χ4v) is 1.41. The number of carboxylic acid groups (broad SMARTS) is 1. The molecule has 0 aliphatic rings. The fraction of sp³-hybridized carbons (Fsp3) is 0.0714. The zero-order chi connectivity index (χ0) is 13.7. The molecule has 0 amide bonds. The molecule has 2 rings (SSSR count).